The molecule has 2 N–H and O–H groups in total. The molecule has 0 saturated carbocycles. The smallest absolute Gasteiger partial charge is 0.432 e. The summed E-state index contributed by atoms with van der Waals surface area (Å²) < 4.78 is 25.1. The number of aromatic nitrogens is 2. The monoisotopic (exact) mass is 371 g/mol. The van der Waals surface area contributed by atoms with E-state index in [4.69, 9.17) is 14.6 Å². The van der Waals surface area contributed by atoms with E-state index in [1.807, 2.05) is 18.2 Å². The number of nitrogens with one attached hydrogen (secondary N) is 1. The Morgan fingerprint density at radius 2 is 1.93 bits per heavy atom. The molecule has 8 nitrogen and oxygen atoms in total. The second-order valence-electron chi connectivity index (χ2n) is 5.31. The quantitative estimate of drug-likeness (QED) is 0.700. The molecule has 0 unspecified atom stereocenters. The average Bonchev–Trinajstić information content (AvgIpc) is 3.12. The second-order valence-corrected chi connectivity index (χ2v) is 5.31. The van der Waals surface area contributed by atoms with Crippen LogP contribution < -0.4 is 10.1 Å². The lowest BCUT2D eigenvalue weighted by Crippen LogP contribution is -2.14. The second kappa shape index (κ2) is 8.00. The molecular weight excluding hydrogens is 357 g/mol. The Morgan fingerprint density at radius 1 is 1.15 bits per heavy atom. The summed E-state index contributed by atoms with van der Waals surface area (Å²) in [5, 5.41) is 14.7. The molecule has 3 rings (SSSR count). The van der Waals surface area contributed by atoms with E-state index in [0.29, 0.717) is 4.68 Å². The van der Waals surface area contributed by atoms with Gasteiger partial charge >= 0.3 is 12.2 Å². The Morgan fingerprint density at radius 3 is 2.59 bits per heavy atom. The number of halogens is 1. The van der Waals surface area contributed by atoms with Crippen LogP contribution >= 0.6 is 0 Å². The van der Waals surface area contributed by atoms with Gasteiger partial charge in [-0.25, -0.2) is 14.0 Å². The Hall–Kier alpha value is -3.88. The fourth-order valence-electron chi connectivity index (χ4n) is 2.12. The standard InChI is InChI=1S/C18H14FN3O5/c19-14-10-13(27-16-8-9-22(21-16)18(24)25)6-7-15(14)20-17(23)26-11-12-4-2-1-3-5-12/h1-10H,11H2,(H,20,23)(H,24,25). The van der Waals surface area contributed by atoms with E-state index in [9.17, 15) is 14.0 Å². The topological polar surface area (TPSA) is 103 Å². The highest BCUT2D eigenvalue weighted by Crippen LogP contribution is 2.24. The molecule has 9 heteroatoms. The summed E-state index contributed by atoms with van der Waals surface area (Å²) in [7, 11) is 0. The first-order valence-corrected chi connectivity index (χ1v) is 7.75. The normalized spacial score (nSPS) is 10.3. The van der Waals surface area contributed by atoms with Gasteiger partial charge in [-0.2, -0.15) is 4.68 Å². The molecule has 1 amide bonds. The maximum atomic E-state index is 14.1. The molecule has 0 atom stereocenters. The van der Waals surface area contributed by atoms with E-state index in [-0.39, 0.29) is 23.9 Å². The molecule has 1 heterocycles. The number of hydrogen-bond donors (Lipinski definition) is 2. The van der Waals surface area contributed by atoms with Crippen molar-refractivity contribution in [3.63, 3.8) is 0 Å². The van der Waals surface area contributed by atoms with Crippen molar-refractivity contribution in [2.45, 2.75) is 6.61 Å². The minimum absolute atomic E-state index is 0.0141. The number of benzene rings is 2. The zero-order valence-electron chi connectivity index (χ0n) is 13.8. The first kappa shape index (κ1) is 17.9. The van der Waals surface area contributed by atoms with Crippen molar-refractivity contribution in [1.29, 1.82) is 0 Å². The Bertz CT molecular complexity index is 959. The van der Waals surface area contributed by atoms with Crippen LogP contribution in [0.15, 0.2) is 60.8 Å². The van der Waals surface area contributed by atoms with Gasteiger partial charge < -0.3 is 14.6 Å². The first-order chi connectivity index (χ1) is 13.0. The fraction of sp³-hybridized carbons (Fsp3) is 0.0556. The van der Waals surface area contributed by atoms with Crippen molar-refractivity contribution in [2.75, 3.05) is 5.32 Å². The van der Waals surface area contributed by atoms with Gasteiger partial charge in [-0.1, -0.05) is 30.3 Å². The SMILES string of the molecule is O=C(Nc1ccc(Oc2ccn(C(=O)O)n2)cc1F)OCc1ccccc1. The number of rotatable bonds is 5. The first-order valence-electron chi connectivity index (χ1n) is 7.75. The summed E-state index contributed by atoms with van der Waals surface area (Å²) in [5.74, 6) is -0.673. The van der Waals surface area contributed by atoms with Crippen LogP contribution in [0, 0.1) is 5.82 Å². The Balaban J connectivity index is 1.58. The molecule has 0 fully saturated rings. The zero-order chi connectivity index (χ0) is 19.2. The highest BCUT2D eigenvalue weighted by Gasteiger charge is 2.11. The minimum Gasteiger partial charge on any atom is -0.463 e. The molecule has 1 aromatic heterocycles. The van der Waals surface area contributed by atoms with E-state index >= 15 is 0 Å². The molecule has 0 spiro atoms. The van der Waals surface area contributed by atoms with Crippen molar-refractivity contribution in [3.05, 3.63) is 72.2 Å². The molecule has 27 heavy (non-hydrogen) atoms. The van der Waals surface area contributed by atoms with Gasteiger partial charge in [-0.15, -0.1) is 5.10 Å². The highest BCUT2D eigenvalue weighted by atomic mass is 19.1. The van der Waals surface area contributed by atoms with Gasteiger partial charge in [0.25, 0.3) is 0 Å². The maximum Gasteiger partial charge on any atom is 0.432 e. The molecular formula is C18H14FN3O5. The molecule has 0 radical (unpaired) electrons. The van der Waals surface area contributed by atoms with Crippen LogP contribution in [0.4, 0.5) is 19.7 Å². The molecule has 138 valence electrons. The lowest BCUT2D eigenvalue weighted by molar-refractivity contribution is 0.155. The zero-order valence-corrected chi connectivity index (χ0v) is 13.8. The van der Waals surface area contributed by atoms with Crippen LogP contribution in [0.25, 0.3) is 0 Å². The van der Waals surface area contributed by atoms with Crippen molar-refractivity contribution in [3.8, 4) is 11.6 Å². The lowest BCUT2D eigenvalue weighted by atomic mass is 10.2. The molecule has 0 saturated heterocycles. The summed E-state index contributed by atoms with van der Waals surface area (Å²) in [4.78, 5) is 22.5. The molecule has 2 aromatic carbocycles. The van der Waals surface area contributed by atoms with Crippen LogP contribution in [0.2, 0.25) is 0 Å². The number of nitrogens with zero attached hydrogens (tertiary/aromatic N) is 2. The summed E-state index contributed by atoms with van der Waals surface area (Å²) in [6, 6.07) is 14.1. The van der Waals surface area contributed by atoms with Gasteiger partial charge in [0.2, 0.25) is 5.88 Å². The predicted molar refractivity (Wildman–Crippen MR) is 92.4 cm³/mol. The van der Waals surface area contributed by atoms with Gasteiger partial charge in [-0.3, -0.25) is 5.32 Å². The lowest BCUT2D eigenvalue weighted by Gasteiger charge is -2.09. The largest absolute Gasteiger partial charge is 0.463 e. The van der Waals surface area contributed by atoms with Crippen molar-refractivity contribution < 1.29 is 28.6 Å². The third kappa shape index (κ3) is 4.82. The third-order valence-corrected chi connectivity index (χ3v) is 3.37. The fourth-order valence-corrected chi connectivity index (χ4v) is 2.12. The van der Waals surface area contributed by atoms with Crippen molar-refractivity contribution >= 4 is 17.9 Å². The number of carbonyl (C=O) groups excluding carboxylic acids is 1. The van der Waals surface area contributed by atoms with Crippen LogP contribution in [0.1, 0.15) is 5.56 Å². The van der Waals surface area contributed by atoms with Crippen molar-refractivity contribution in [1.82, 2.24) is 9.78 Å². The van der Waals surface area contributed by atoms with Gasteiger partial charge in [0, 0.05) is 18.3 Å². The average molecular weight is 371 g/mol. The van der Waals surface area contributed by atoms with E-state index in [1.54, 1.807) is 12.1 Å². The third-order valence-electron chi connectivity index (χ3n) is 3.37. The summed E-state index contributed by atoms with van der Waals surface area (Å²) >= 11 is 0. The number of carbonyl (C=O) groups is 2. The summed E-state index contributed by atoms with van der Waals surface area (Å²) in [6.07, 6.45) is -0.886. The highest BCUT2D eigenvalue weighted by molar-refractivity contribution is 5.84. The van der Waals surface area contributed by atoms with Crippen LogP contribution in [-0.2, 0) is 11.3 Å². The molecule has 3 aromatic rings. The van der Waals surface area contributed by atoms with E-state index in [2.05, 4.69) is 10.4 Å². The number of anilines is 1. The van der Waals surface area contributed by atoms with E-state index in [0.717, 1.165) is 11.6 Å². The van der Waals surface area contributed by atoms with Gasteiger partial charge in [0.05, 0.1) is 5.69 Å². The van der Waals surface area contributed by atoms with Crippen LogP contribution in [0.3, 0.4) is 0 Å². The maximum absolute atomic E-state index is 14.1. The Kier molecular flexibility index (Phi) is 5.31. The molecule has 0 aliphatic heterocycles. The van der Waals surface area contributed by atoms with Gasteiger partial charge in [0.15, 0.2) is 5.82 Å². The molecule has 0 aliphatic carbocycles. The number of ether oxygens (including phenoxy) is 2. The van der Waals surface area contributed by atoms with Gasteiger partial charge in [0.1, 0.15) is 12.4 Å². The minimum atomic E-state index is -1.27. The van der Waals surface area contributed by atoms with E-state index < -0.39 is 18.0 Å². The van der Waals surface area contributed by atoms with Crippen LogP contribution in [-0.4, -0.2) is 27.1 Å². The van der Waals surface area contributed by atoms with E-state index in [1.165, 1.54) is 24.4 Å². The molecule has 0 bridgehead atoms. The van der Waals surface area contributed by atoms with Crippen LogP contribution in [0.5, 0.6) is 11.6 Å². The number of carboxylic acid groups (broad SMARTS) is 1. The molecule has 0 aliphatic rings. The Labute approximate surface area is 152 Å². The summed E-state index contributed by atoms with van der Waals surface area (Å²) in [6.45, 7) is 0.0573. The van der Waals surface area contributed by atoms with Gasteiger partial charge in [-0.05, 0) is 17.7 Å². The predicted octanol–water partition coefficient (Wildman–Crippen LogP) is 4.09. The number of hydrogen-bond acceptors (Lipinski definition) is 5. The van der Waals surface area contributed by atoms with Crippen molar-refractivity contribution in [2.24, 2.45) is 0 Å². The number of amides is 1. The summed E-state index contributed by atoms with van der Waals surface area (Å²) in [5.41, 5.74) is 0.717.